The molecule has 1 amide bonds. The maximum absolute atomic E-state index is 11.7. The first kappa shape index (κ1) is 14.8. The van der Waals surface area contributed by atoms with Gasteiger partial charge in [0.05, 0.1) is 13.3 Å². The zero-order chi connectivity index (χ0) is 15.1. The van der Waals surface area contributed by atoms with Gasteiger partial charge >= 0.3 is 0 Å². The zero-order valence-electron chi connectivity index (χ0n) is 12.2. The van der Waals surface area contributed by atoms with Gasteiger partial charge in [0.15, 0.2) is 0 Å². The van der Waals surface area contributed by atoms with Crippen LogP contribution in [0.4, 0.5) is 0 Å². The van der Waals surface area contributed by atoms with Crippen molar-refractivity contribution in [1.82, 2.24) is 15.1 Å². The van der Waals surface area contributed by atoms with Gasteiger partial charge < -0.3 is 10.1 Å². The van der Waals surface area contributed by atoms with Crippen molar-refractivity contribution in [2.45, 2.75) is 20.0 Å². The van der Waals surface area contributed by atoms with E-state index in [0.29, 0.717) is 6.54 Å². The summed E-state index contributed by atoms with van der Waals surface area (Å²) in [4.78, 5) is 11.7. The van der Waals surface area contributed by atoms with Gasteiger partial charge in [-0.05, 0) is 30.7 Å². The Kier molecular flexibility index (Phi) is 5.15. The van der Waals surface area contributed by atoms with Crippen molar-refractivity contribution in [3.63, 3.8) is 0 Å². The van der Waals surface area contributed by atoms with Gasteiger partial charge in [0.1, 0.15) is 5.75 Å². The molecule has 2 aromatic rings. The Balaban J connectivity index is 1.84. The molecule has 0 aliphatic heterocycles. The molecule has 1 aromatic carbocycles. The molecule has 0 radical (unpaired) electrons. The highest BCUT2D eigenvalue weighted by Crippen LogP contribution is 2.12. The van der Waals surface area contributed by atoms with E-state index in [1.165, 1.54) is 6.08 Å². The van der Waals surface area contributed by atoms with Gasteiger partial charge in [0, 0.05) is 30.9 Å². The Labute approximate surface area is 124 Å². The smallest absolute Gasteiger partial charge is 0.244 e. The lowest BCUT2D eigenvalue weighted by Crippen LogP contribution is -2.19. The minimum Gasteiger partial charge on any atom is -0.497 e. The minimum absolute atomic E-state index is 0.130. The van der Waals surface area contributed by atoms with Gasteiger partial charge in [-0.25, -0.2) is 0 Å². The van der Waals surface area contributed by atoms with E-state index in [0.717, 1.165) is 23.4 Å². The second-order valence-electron chi connectivity index (χ2n) is 4.53. The Hall–Kier alpha value is -2.56. The van der Waals surface area contributed by atoms with Crippen molar-refractivity contribution in [2.24, 2.45) is 0 Å². The van der Waals surface area contributed by atoms with Crippen LogP contribution in [-0.2, 0) is 17.9 Å². The molecule has 110 valence electrons. The average molecular weight is 285 g/mol. The number of aromatic nitrogens is 2. The fraction of sp³-hybridized carbons (Fsp3) is 0.250. The maximum Gasteiger partial charge on any atom is 0.244 e. The van der Waals surface area contributed by atoms with Gasteiger partial charge in [-0.2, -0.15) is 5.10 Å². The van der Waals surface area contributed by atoms with Gasteiger partial charge in [-0.15, -0.1) is 0 Å². The minimum atomic E-state index is -0.130. The first-order valence-electron chi connectivity index (χ1n) is 6.82. The number of methoxy groups -OCH3 is 1. The number of aryl methyl sites for hydroxylation is 1. The molecule has 0 atom stereocenters. The molecule has 0 fully saturated rings. The quantitative estimate of drug-likeness (QED) is 0.828. The van der Waals surface area contributed by atoms with Crippen LogP contribution >= 0.6 is 0 Å². The summed E-state index contributed by atoms with van der Waals surface area (Å²) in [6.45, 7) is 3.32. The first-order chi connectivity index (χ1) is 10.2. The maximum atomic E-state index is 11.7. The lowest BCUT2D eigenvalue weighted by molar-refractivity contribution is -0.116. The van der Waals surface area contributed by atoms with Crippen molar-refractivity contribution < 1.29 is 9.53 Å². The molecule has 0 unspecified atom stereocenters. The van der Waals surface area contributed by atoms with Gasteiger partial charge in [0.2, 0.25) is 5.91 Å². The third-order valence-corrected chi connectivity index (χ3v) is 3.02. The molecule has 5 heteroatoms. The SMILES string of the molecule is CCn1cc(CNC(=O)/C=C/c2ccc(OC)cc2)cn1. The summed E-state index contributed by atoms with van der Waals surface area (Å²) in [6, 6.07) is 7.51. The fourth-order valence-electron chi connectivity index (χ4n) is 1.81. The number of nitrogens with one attached hydrogen (secondary N) is 1. The molecular formula is C16H19N3O2. The van der Waals surface area contributed by atoms with Crippen LogP contribution in [0.5, 0.6) is 5.75 Å². The summed E-state index contributed by atoms with van der Waals surface area (Å²) in [7, 11) is 1.62. The Morgan fingerprint density at radius 1 is 1.38 bits per heavy atom. The summed E-state index contributed by atoms with van der Waals surface area (Å²) >= 11 is 0. The highest BCUT2D eigenvalue weighted by molar-refractivity contribution is 5.91. The highest BCUT2D eigenvalue weighted by Gasteiger charge is 1.99. The van der Waals surface area contributed by atoms with E-state index in [4.69, 9.17) is 4.74 Å². The van der Waals surface area contributed by atoms with Gasteiger partial charge in [0.25, 0.3) is 0 Å². The van der Waals surface area contributed by atoms with Crippen molar-refractivity contribution in [2.75, 3.05) is 7.11 Å². The number of carbonyl (C=O) groups is 1. The molecule has 0 saturated heterocycles. The number of rotatable bonds is 6. The number of carbonyl (C=O) groups excluding carboxylic acids is 1. The van der Waals surface area contributed by atoms with Crippen LogP contribution in [-0.4, -0.2) is 22.8 Å². The van der Waals surface area contributed by atoms with E-state index in [2.05, 4.69) is 10.4 Å². The second kappa shape index (κ2) is 7.28. The fourth-order valence-corrected chi connectivity index (χ4v) is 1.81. The number of benzene rings is 1. The molecule has 1 heterocycles. The monoisotopic (exact) mass is 285 g/mol. The van der Waals surface area contributed by atoms with Crippen molar-refractivity contribution in [3.05, 3.63) is 53.9 Å². The van der Waals surface area contributed by atoms with Crippen LogP contribution in [0.2, 0.25) is 0 Å². The van der Waals surface area contributed by atoms with Crippen molar-refractivity contribution in [1.29, 1.82) is 0 Å². The van der Waals surface area contributed by atoms with Crippen LogP contribution < -0.4 is 10.1 Å². The number of nitrogens with zero attached hydrogens (tertiary/aromatic N) is 2. The molecule has 5 nitrogen and oxygen atoms in total. The Bertz CT molecular complexity index is 615. The second-order valence-corrected chi connectivity index (χ2v) is 4.53. The van der Waals surface area contributed by atoms with E-state index in [-0.39, 0.29) is 5.91 Å². The van der Waals surface area contributed by atoms with E-state index >= 15 is 0 Å². The number of hydrogen-bond acceptors (Lipinski definition) is 3. The summed E-state index contributed by atoms with van der Waals surface area (Å²) in [5, 5.41) is 6.98. The topological polar surface area (TPSA) is 56.2 Å². The standard InChI is InChI=1S/C16H19N3O2/c1-3-19-12-14(11-18-19)10-17-16(20)9-6-13-4-7-15(21-2)8-5-13/h4-9,11-12H,3,10H2,1-2H3,(H,17,20)/b9-6+. The molecule has 21 heavy (non-hydrogen) atoms. The van der Waals surface area contributed by atoms with Crippen LogP contribution in [0.3, 0.4) is 0 Å². The summed E-state index contributed by atoms with van der Waals surface area (Å²) in [5.41, 5.74) is 1.94. The van der Waals surface area contributed by atoms with Crippen LogP contribution in [0.1, 0.15) is 18.1 Å². The van der Waals surface area contributed by atoms with E-state index in [1.807, 2.05) is 42.1 Å². The van der Waals surface area contributed by atoms with Crippen LogP contribution in [0.25, 0.3) is 6.08 Å². The molecule has 0 aliphatic rings. The molecule has 2 rings (SSSR count). The third-order valence-electron chi connectivity index (χ3n) is 3.02. The largest absolute Gasteiger partial charge is 0.497 e. The summed E-state index contributed by atoms with van der Waals surface area (Å²) in [5.74, 6) is 0.666. The van der Waals surface area contributed by atoms with E-state index < -0.39 is 0 Å². The molecule has 1 N–H and O–H groups in total. The lowest BCUT2D eigenvalue weighted by atomic mass is 10.2. The third kappa shape index (κ3) is 4.49. The van der Waals surface area contributed by atoms with Crippen molar-refractivity contribution >= 4 is 12.0 Å². The molecule has 0 bridgehead atoms. The number of amides is 1. The highest BCUT2D eigenvalue weighted by atomic mass is 16.5. The predicted molar refractivity (Wildman–Crippen MR) is 81.8 cm³/mol. The zero-order valence-corrected chi connectivity index (χ0v) is 12.2. The molecule has 1 aromatic heterocycles. The normalized spacial score (nSPS) is 10.8. The van der Waals surface area contributed by atoms with Gasteiger partial charge in [-0.3, -0.25) is 9.48 Å². The predicted octanol–water partition coefficient (Wildman–Crippen LogP) is 2.24. The molecule has 0 aliphatic carbocycles. The molecule has 0 saturated carbocycles. The summed E-state index contributed by atoms with van der Waals surface area (Å²) < 4.78 is 6.91. The Morgan fingerprint density at radius 3 is 2.76 bits per heavy atom. The van der Waals surface area contributed by atoms with E-state index in [9.17, 15) is 4.79 Å². The van der Waals surface area contributed by atoms with Crippen LogP contribution in [0, 0.1) is 0 Å². The van der Waals surface area contributed by atoms with Gasteiger partial charge in [-0.1, -0.05) is 12.1 Å². The van der Waals surface area contributed by atoms with E-state index in [1.54, 1.807) is 19.4 Å². The first-order valence-corrected chi connectivity index (χ1v) is 6.82. The van der Waals surface area contributed by atoms with Crippen molar-refractivity contribution in [3.8, 4) is 5.75 Å². The molecular weight excluding hydrogens is 266 g/mol. The average Bonchev–Trinajstić information content (AvgIpc) is 2.99. The summed E-state index contributed by atoms with van der Waals surface area (Å²) in [6.07, 6.45) is 6.97. The number of ether oxygens (including phenoxy) is 1. The Morgan fingerprint density at radius 2 is 2.14 bits per heavy atom. The van der Waals surface area contributed by atoms with Crippen LogP contribution in [0.15, 0.2) is 42.7 Å². The lowest BCUT2D eigenvalue weighted by Gasteiger charge is -2.00. The number of hydrogen-bond donors (Lipinski definition) is 1. The molecule has 0 spiro atoms.